The van der Waals surface area contributed by atoms with Crippen LogP contribution in [0.15, 0.2) is 83.7 Å². The van der Waals surface area contributed by atoms with E-state index in [1.165, 1.54) is 12.1 Å². The van der Waals surface area contributed by atoms with E-state index in [-0.39, 0.29) is 17.4 Å². The van der Waals surface area contributed by atoms with Crippen LogP contribution in [-0.4, -0.2) is 30.1 Å². The summed E-state index contributed by atoms with van der Waals surface area (Å²) < 4.78 is 15.4. The molecule has 5 rings (SSSR count). The predicted octanol–water partition coefficient (Wildman–Crippen LogP) is 5.16. The maximum absolute atomic E-state index is 13.6. The number of H-pyrrole nitrogens is 1. The van der Waals surface area contributed by atoms with Crippen molar-refractivity contribution in [3.63, 3.8) is 0 Å². The van der Waals surface area contributed by atoms with Crippen LogP contribution in [0.2, 0.25) is 0 Å². The largest absolute Gasteiger partial charge is 0.321 e. The molecule has 0 saturated heterocycles. The van der Waals surface area contributed by atoms with Gasteiger partial charge in [0.2, 0.25) is 0 Å². The molecule has 0 fully saturated rings. The first-order valence-electron chi connectivity index (χ1n) is 12.4. The molecule has 2 aromatic heterocycles. The molecule has 0 saturated carbocycles. The molecule has 8 heteroatoms. The van der Waals surface area contributed by atoms with Crippen LogP contribution in [0.3, 0.4) is 0 Å². The standard InChI is InChI=1S/C29H29FN6O/c1-3-26(28-32-33-34-36(28)18-21-9-5-4-6-10-21)35(17-22-12-14-25(30)15-13-22)19-24-16-23-11-7-8-20(2)27(23)31-29(24)37/h4-16,26H,3,17-19H2,1-2H3,(H,31,37). The van der Waals surface area contributed by atoms with E-state index in [1.807, 2.05) is 66.2 Å². The van der Waals surface area contributed by atoms with Crippen LogP contribution in [0.5, 0.6) is 0 Å². The third kappa shape index (κ3) is 5.49. The number of aryl methyl sites for hydroxylation is 1. The molecule has 7 nitrogen and oxygen atoms in total. The molecule has 5 aromatic rings. The summed E-state index contributed by atoms with van der Waals surface area (Å²) in [6.07, 6.45) is 0.723. The van der Waals surface area contributed by atoms with Crippen molar-refractivity contribution in [2.45, 2.75) is 45.9 Å². The number of para-hydroxylation sites is 1. The number of aromatic nitrogens is 5. The van der Waals surface area contributed by atoms with Crippen LogP contribution in [0.4, 0.5) is 4.39 Å². The second-order valence-electron chi connectivity index (χ2n) is 9.30. The fraction of sp³-hybridized carbons (Fsp3) is 0.241. The Morgan fingerprint density at radius 2 is 1.76 bits per heavy atom. The number of rotatable bonds is 9. The molecule has 0 bridgehead atoms. The molecule has 0 radical (unpaired) electrons. The monoisotopic (exact) mass is 496 g/mol. The van der Waals surface area contributed by atoms with Gasteiger partial charge < -0.3 is 4.98 Å². The minimum atomic E-state index is -0.282. The van der Waals surface area contributed by atoms with Gasteiger partial charge in [0.05, 0.1) is 18.1 Å². The van der Waals surface area contributed by atoms with Gasteiger partial charge in [0.25, 0.3) is 5.56 Å². The molecule has 37 heavy (non-hydrogen) atoms. The van der Waals surface area contributed by atoms with Gasteiger partial charge in [0, 0.05) is 18.7 Å². The first kappa shape index (κ1) is 24.5. The Balaban J connectivity index is 1.52. The highest BCUT2D eigenvalue weighted by atomic mass is 19.1. The molecule has 0 aliphatic carbocycles. The summed E-state index contributed by atoms with van der Waals surface area (Å²) in [5.74, 6) is 0.442. The fourth-order valence-corrected chi connectivity index (χ4v) is 4.79. The number of hydrogen-bond donors (Lipinski definition) is 1. The first-order chi connectivity index (χ1) is 18.0. The predicted molar refractivity (Wildman–Crippen MR) is 141 cm³/mol. The normalized spacial score (nSPS) is 12.3. The van der Waals surface area contributed by atoms with E-state index < -0.39 is 0 Å². The highest BCUT2D eigenvalue weighted by molar-refractivity contribution is 5.81. The second-order valence-corrected chi connectivity index (χ2v) is 9.30. The van der Waals surface area contributed by atoms with Crippen LogP contribution < -0.4 is 5.56 Å². The average Bonchev–Trinajstić information content (AvgIpc) is 3.35. The van der Waals surface area contributed by atoms with Gasteiger partial charge in [-0.05, 0) is 64.0 Å². The van der Waals surface area contributed by atoms with Crippen LogP contribution in [0.25, 0.3) is 10.9 Å². The summed E-state index contributed by atoms with van der Waals surface area (Å²) in [7, 11) is 0. The number of hydrogen-bond acceptors (Lipinski definition) is 5. The van der Waals surface area contributed by atoms with Crippen molar-refractivity contribution in [3.8, 4) is 0 Å². The SMILES string of the molecule is CCC(c1nnnn1Cc1ccccc1)N(Cc1ccc(F)cc1)Cc1cc2cccc(C)c2[nH]c1=O. The van der Waals surface area contributed by atoms with E-state index in [0.29, 0.717) is 25.2 Å². The third-order valence-electron chi connectivity index (χ3n) is 6.70. The first-order valence-corrected chi connectivity index (χ1v) is 12.4. The molecule has 1 unspecified atom stereocenters. The maximum atomic E-state index is 13.6. The number of halogens is 1. The molecule has 0 aliphatic rings. The zero-order valence-corrected chi connectivity index (χ0v) is 20.9. The molecule has 1 N–H and O–H groups in total. The Morgan fingerprint density at radius 1 is 0.973 bits per heavy atom. The number of benzene rings is 3. The number of nitrogens with one attached hydrogen (secondary N) is 1. The molecular weight excluding hydrogens is 467 g/mol. The van der Waals surface area contributed by atoms with Crippen molar-refractivity contribution in [1.29, 1.82) is 0 Å². The zero-order valence-electron chi connectivity index (χ0n) is 20.9. The van der Waals surface area contributed by atoms with E-state index in [4.69, 9.17) is 0 Å². The summed E-state index contributed by atoms with van der Waals surface area (Å²) in [6.45, 7) is 5.49. The lowest BCUT2D eigenvalue weighted by atomic mass is 10.1. The summed E-state index contributed by atoms with van der Waals surface area (Å²) >= 11 is 0. The number of aromatic amines is 1. The highest BCUT2D eigenvalue weighted by Gasteiger charge is 2.26. The van der Waals surface area contributed by atoms with Crippen molar-refractivity contribution in [2.75, 3.05) is 0 Å². The van der Waals surface area contributed by atoms with Gasteiger partial charge in [-0.2, -0.15) is 0 Å². The minimum absolute atomic E-state index is 0.121. The van der Waals surface area contributed by atoms with Crippen LogP contribution in [0, 0.1) is 12.7 Å². The van der Waals surface area contributed by atoms with Gasteiger partial charge in [-0.1, -0.05) is 67.6 Å². The summed E-state index contributed by atoms with van der Waals surface area (Å²) in [4.78, 5) is 18.4. The lowest BCUT2D eigenvalue weighted by Gasteiger charge is -2.30. The summed E-state index contributed by atoms with van der Waals surface area (Å²) in [5, 5.41) is 13.6. The zero-order chi connectivity index (χ0) is 25.8. The minimum Gasteiger partial charge on any atom is -0.321 e. The van der Waals surface area contributed by atoms with Gasteiger partial charge in [-0.15, -0.1) is 5.10 Å². The number of pyridine rings is 1. The average molecular weight is 497 g/mol. The molecule has 2 heterocycles. The highest BCUT2D eigenvalue weighted by Crippen LogP contribution is 2.27. The van der Waals surface area contributed by atoms with E-state index in [9.17, 15) is 9.18 Å². The van der Waals surface area contributed by atoms with Gasteiger partial charge >= 0.3 is 0 Å². The molecule has 3 aromatic carbocycles. The molecule has 188 valence electrons. The maximum Gasteiger partial charge on any atom is 0.252 e. The molecule has 0 spiro atoms. The Kier molecular flexibility index (Phi) is 7.18. The lowest BCUT2D eigenvalue weighted by molar-refractivity contribution is 0.161. The number of nitrogens with zero attached hydrogens (tertiary/aromatic N) is 5. The summed E-state index contributed by atoms with van der Waals surface area (Å²) in [5.41, 5.74) is 4.44. The Morgan fingerprint density at radius 3 is 2.51 bits per heavy atom. The Bertz CT molecular complexity index is 1540. The van der Waals surface area contributed by atoms with Crippen molar-refractivity contribution in [3.05, 3.63) is 123 Å². The van der Waals surface area contributed by atoms with Gasteiger partial charge in [0.1, 0.15) is 5.82 Å². The van der Waals surface area contributed by atoms with Crippen molar-refractivity contribution in [1.82, 2.24) is 30.1 Å². The van der Waals surface area contributed by atoms with Crippen molar-refractivity contribution >= 4 is 10.9 Å². The molecular formula is C29H29FN6O. The van der Waals surface area contributed by atoms with E-state index in [1.54, 1.807) is 12.1 Å². The van der Waals surface area contributed by atoms with Crippen molar-refractivity contribution in [2.24, 2.45) is 0 Å². The third-order valence-corrected chi connectivity index (χ3v) is 6.70. The van der Waals surface area contributed by atoms with Crippen LogP contribution in [-0.2, 0) is 19.6 Å². The molecule has 0 amide bonds. The van der Waals surface area contributed by atoms with E-state index >= 15 is 0 Å². The fourth-order valence-electron chi connectivity index (χ4n) is 4.79. The van der Waals surface area contributed by atoms with Crippen molar-refractivity contribution < 1.29 is 4.39 Å². The Hall–Kier alpha value is -4.17. The van der Waals surface area contributed by atoms with Gasteiger partial charge in [-0.25, -0.2) is 9.07 Å². The molecule has 0 aliphatic heterocycles. The lowest BCUT2D eigenvalue weighted by Crippen LogP contribution is -2.32. The molecule has 1 atom stereocenters. The van der Waals surface area contributed by atoms with E-state index in [2.05, 4.69) is 32.3 Å². The van der Waals surface area contributed by atoms with Gasteiger partial charge in [-0.3, -0.25) is 9.69 Å². The number of fused-ring (bicyclic) bond motifs is 1. The second kappa shape index (κ2) is 10.8. The quantitative estimate of drug-likeness (QED) is 0.305. The van der Waals surface area contributed by atoms with Crippen LogP contribution >= 0.6 is 0 Å². The topological polar surface area (TPSA) is 79.7 Å². The van der Waals surface area contributed by atoms with Gasteiger partial charge in [0.15, 0.2) is 5.82 Å². The van der Waals surface area contributed by atoms with Crippen LogP contribution in [0.1, 0.15) is 47.5 Å². The number of tetrazole rings is 1. The van der Waals surface area contributed by atoms with E-state index in [0.717, 1.165) is 39.8 Å². The Labute approximate surface area is 214 Å². The smallest absolute Gasteiger partial charge is 0.252 e. The summed E-state index contributed by atoms with van der Waals surface area (Å²) in [6, 6.07) is 24.3.